The second kappa shape index (κ2) is 7.99. The second-order valence-corrected chi connectivity index (χ2v) is 3.33. The molecule has 0 aliphatic carbocycles. The Balaban J connectivity index is 2.80. The molecule has 0 rings (SSSR count). The van der Waals surface area contributed by atoms with Crippen molar-refractivity contribution >= 4 is 0 Å². The third-order valence-corrected chi connectivity index (χ3v) is 1.62. The van der Waals surface area contributed by atoms with Gasteiger partial charge in [-0.25, -0.2) is 0 Å². The predicted molar refractivity (Wildman–Crippen MR) is 47.5 cm³/mol. The molecule has 0 saturated carbocycles. The smallest absolute Gasteiger partial charge is 0.0906 e. The maximum atomic E-state index is 11.6. The van der Waals surface area contributed by atoms with Gasteiger partial charge in [-0.05, 0) is 38.3 Å². The number of nitrogens with one attached hydrogen (secondary N) is 1. The Morgan fingerprint density at radius 3 is 2.36 bits per heavy atom. The molecule has 11 heavy (non-hydrogen) atoms. The Bertz CT molecular complexity index is 74.0. The van der Waals surface area contributed by atoms with Crippen molar-refractivity contribution in [1.29, 1.82) is 0 Å². The molecule has 0 aliphatic heterocycles. The van der Waals surface area contributed by atoms with Crippen LogP contribution in [0, 0.1) is 5.92 Å². The molecule has 1 N–H and O–H groups in total. The topological polar surface area (TPSA) is 12.0 Å². The van der Waals surface area contributed by atoms with Crippen molar-refractivity contribution in [1.82, 2.24) is 5.32 Å². The standard InChI is InChI=1S/C9H20FN/c1-9(2)5-3-7-11-8-4-6-10/h9,11H,3-8H2,1-2H3. The van der Waals surface area contributed by atoms with Crippen LogP contribution in [0.25, 0.3) is 0 Å². The van der Waals surface area contributed by atoms with Crippen LogP contribution in [0.15, 0.2) is 0 Å². The van der Waals surface area contributed by atoms with Crippen molar-refractivity contribution in [3.8, 4) is 0 Å². The highest BCUT2D eigenvalue weighted by Gasteiger charge is 1.92. The van der Waals surface area contributed by atoms with E-state index in [1.807, 2.05) is 0 Å². The normalized spacial score (nSPS) is 10.9. The van der Waals surface area contributed by atoms with Crippen molar-refractivity contribution in [2.75, 3.05) is 19.8 Å². The molecule has 0 saturated heterocycles. The molecule has 0 aromatic rings. The molecule has 0 aromatic carbocycles. The minimum absolute atomic E-state index is 0.197. The van der Waals surface area contributed by atoms with E-state index in [4.69, 9.17) is 0 Å². The summed E-state index contributed by atoms with van der Waals surface area (Å²) in [6, 6.07) is 0. The van der Waals surface area contributed by atoms with Crippen molar-refractivity contribution in [3.63, 3.8) is 0 Å². The molecule has 0 radical (unpaired) electrons. The number of hydrogen-bond acceptors (Lipinski definition) is 1. The highest BCUT2D eigenvalue weighted by molar-refractivity contribution is 4.50. The van der Waals surface area contributed by atoms with Gasteiger partial charge in [-0.15, -0.1) is 0 Å². The summed E-state index contributed by atoms with van der Waals surface area (Å²) < 4.78 is 11.6. The van der Waals surface area contributed by atoms with E-state index in [1.54, 1.807) is 0 Å². The summed E-state index contributed by atoms with van der Waals surface area (Å²) in [6.45, 7) is 6.12. The maximum absolute atomic E-state index is 11.6. The monoisotopic (exact) mass is 161 g/mol. The summed E-state index contributed by atoms with van der Waals surface area (Å²) in [6.07, 6.45) is 3.13. The summed E-state index contributed by atoms with van der Waals surface area (Å²) in [5.74, 6) is 0.790. The molecule has 0 aliphatic rings. The van der Waals surface area contributed by atoms with E-state index in [1.165, 1.54) is 12.8 Å². The van der Waals surface area contributed by atoms with E-state index in [2.05, 4.69) is 19.2 Å². The first-order valence-electron chi connectivity index (χ1n) is 4.54. The summed E-state index contributed by atoms with van der Waals surface area (Å²) in [4.78, 5) is 0. The zero-order valence-electron chi connectivity index (χ0n) is 7.70. The van der Waals surface area contributed by atoms with Crippen LogP contribution < -0.4 is 5.32 Å². The van der Waals surface area contributed by atoms with Gasteiger partial charge in [0.25, 0.3) is 0 Å². The lowest BCUT2D eigenvalue weighted by Crippen LogP contribution is -2.17. The largest absolute Gasteiger partial charge is 0.317 e. The van der Waals surface area contributed by atoms with Gasteiger partial charge in [0.15, 0.2) is 0 Å². The van der Waals surface area contributed by atoms with Gasteiger partial charge < -0.3 is 5.32 Å². The lowest BCUT2D eigenvalue weighted by atomic mass is 10.1. The minimum atomic E-state index is -0.197. The second-order valence-electron chi connectivity index (χ2n) is 3.33. The van der Waals surface area contributed by atoms with E-state index >= 15 is 0 Å². The van der Waals surface area contributed by atoms with Crippen molar-refractivity contribution in [2.24, 2.45) is 5.92 Å². The van der Waals surface area contributed by atoms with Crippen LogP contribution in [0.5, 0.6) is 0 Å². The van der Waals surface area contributed by atoms with E-state index in [0.717, 1.165) is 19.0 Å². The Kier molecular flexibility index (Phi) is 7.91. The van der Waals surface area contributed by atoms with Crippen LogP contribution in [0.4, 0.5) is 4.39 Å². The van der Waals surface area contributed by atoms with E-state index in [-0.39, 0.29) is 6.67 Å². The van der Waals surface area contributed by atoms with Gasteiger partial charge in [0.2, 0.25) is 0 Å². The fourth-order valence-electron chi connectivity index (χ4n) is 0.952. The van der Waals surface area contributed by atoms with Crippen LogP contribution >= 0.6 is 0 Å². The molecule has 0 amide bonds. The minimum Gasteiger partial charge on any atom is -0.317 e. The van der Waals surface area contributed by atoms with Gasteiger partial charge in [0.1, 0.15) is 0 Å². The molecule has 0 unspecified atom stereocenters. The van der Waals surface area contributed by atoms with Crippen LogP contribution in [-0.4, -0.2) is 19.8 Å². The zero-order valence-corrected chi connectivity index (χ0v) is 7.70. The number of rotatable bonds is 7. The first-order valence-corrected chi connectivity index (χ1v) is 4.54. The number of alkyl halides is 1. The fourth-order valence-corrected chi connectivity index (χ4v) is 0.952. The summed E-state index contributed by atoms with van der Waals surface area (Å²) in [5, 5.41) is 3.20. The average Bonchev–Trinajstić information content (AvgIpc) is 1.96. The van der Waals surface area contributed by atoms with Gasteiger partial charge in [-0.3, -0.25) is 4.39 Å². The van der Waals surface area contributed by atoms with Gasteiger partial charge in [0.05, 0.1) is 6.67 Å². The highest BCUT2D eigenvalue weighted by Crippen LogP contribution is 2.01. The summed E-state index contributed by atoms with van der Waals surface area (Å²) in [7, 11) is 0. The van der Waals surface area contributed by atoms with Gasteiger partial charge in [0, 0.05) is 0 Å². The lowest BCUT2D eigenvalue weighted by Gasteiger charge is -2.04. The molecular weight excluding hydrogens is 141 g/mol. The molecule has 68 valence electrons. The third-order valence-electron chi connectivity index (χ3n) is 1.62. The highest BCUT2D eigenvalue weighted by atomic mass is 19.1. The Labute approximate surface area is 69.4 Å². The molecule has 2 heteroatoms. The summed E-state index contributed by atoms with van der Waals surface area (Å²) >= 11 is 0. The van der Waals surface area contributed by atoms with Gasteiger partial charge >= 0.3 is 0 Å². The quantitative estimate of drug-likeness (QED) is 0.565. The number of hydrogen-bond donors (Lipinski definition) is 1. The van der Waals surface area contributed by atoms with E-state index < -0.39 is 0 Å². The van der Waals surface area contributed by atoms with Crippen molar-refractivity contribution in [2.45, 2.75) is 33.1 Å². The molecule has 0 aromatic heterocycles. The van der Waals surface area contributed by atoms with Gasteiger partial charge in [-0.2, -0.15) is 0 Å². The molecule has 0 fully saturated rings. The first-order chi connectivity index (χ1) is 5.27. The fraction of sp³-hybridized carbons (Fsp3) is 1.00. The van der Waals surface area contributed by atoms with Crippen LogP contribution in [-0.2, 0) is 0 Å². The maximum Gasteiger partial charge on any atom is 0.0906 e. The van der Waals surface area contributed by atoms with Crippen molar-refractivity contribution in [3.05, 3.63) is 0 Å². The number of halogens is 1. The average molecular weight is 161 g/mol. The first kappa shape index (κ1) is 10.9. The van der Waals surface area contributed by atoms with Crippen LogP contribution in [0.2, 0.25) is 0 Å². The Morgan fingerprint density at radius 1 is 1.18 bits per heavy atom. The molecule has 0 spiro atoms. The van der Waals surface area contributed by atoms with E-state index in [0.29, 0.717) is 6.42 Å². The summed E-state index contributed by atoms with van der Waals surface area (Å²) in [5.41, 5.74) is 0. The third kappa shape index (κ3) is 9.89. The van der Waals surface area contributed by atoms with Crippen LogP contribution in [0.3, 0.4) is 0 Å². The zero-order chi connectivity index (χ0) is 8.53. The van der Waals surface area contributed by atoms with E-state index in [9.17, 15) is 4.39 Å². The van der Waals surface area contributed by atoms with Crippen LogP contribution in [0.1, 0.15) is 33.1 Å². The lowest BCUT2D eigenvalue weighted by molar-refractivity contribution is 0.452. The Morgan fingerprint density at radius 2 is 1.82 bits per heavy atom. The molecule has 0 heterocycles. The SMILES string of the molecule is CC(C)CCCNCCCF. The molecular formula is C9H20FN. The predicted octanol–water partition coefficient (Wildman–Crippen LogP) is 2.37. The Hall–Kier alpha value is -0.110. The van der Waals surface area contributed by atoms with Gasteiger partial charge in [-0.1, -0.05) is 13.8 Å². The van der Waals surface area contributed by atoms with Crippen molar-refractivity contribution < 1.29 is 4.39 Å². The molecule has 0 bridgehead atoms. The molecule has 1 nitrogen and oxygen atoms in total. The molecule has 0 atom stereocenters.